The molecule has 1 N–H and O–H groups in total. The molecule has 0 aliphatic carbocycles. The van der Waals surface area contributed by atoms with Crippen LogP contribution in [0.1, 0.15) is 24.3 Å². The van der Waals surface area contributed by atoms with Crippen LogP contribution in [-0.4, -0.2) is 17.1 Å². The second-order valence-corrected chi connectivity index (χ2v) is 5.41. The van der Waals surface area contributed by atoms with Crippen LogP contribution in [0, 0.1) is 0 Å². The summed E-state index contributed by atoms with van der Waals surface area (Å²) in [6.07, 6.45) is 1.33. The van der Waals surface area contributed by atoms with E-state index in [0.29, 0.717) is 0 Å². The number of hydrogen-bond acceptors (Lipinski definition) is 3. The molecular formula is C15H17BrN2O. The van der Waals surface area contributed by atoms with Gasteiger partial charge in [-0.05, 0) is 36.8 Å². The van der Waals surface area contributed by atoms with Crippen molar-refractivity contribution in [1.29, 1.82) is 0 Å². The van der Waals surface area contributed by atoms with Crippen molar-refractivity contribution in [2.45, 2.75) is 19.6 Å². The van der Waals surface area contributed by atoms with E-state index in [1.165, 1.54) is 0 Å². The molecule has 3 nitrogen and oxygen atoms in total. The molecule has 1 atom stereocenters. The molecule has 100 valence electrons. The van der Waals surface area contributed by atoms with E-state index in [9.17, 15) is 5.11 Å². The average molecular weight is 321 g/mol. The molecule has 0 spiro atoms. The number of hydrogen-bond donors (Lipinski definition) is 1. The van der Waals surface area contributed by atoms with Gasteiger partial charge in [0.05, 0.1) is 18.3 Å². The highest BCUT2D eigenvalue weighted by atomic mass is 79.9. The van der Waals surface area contributed by atoms with E-state index < -0.39 is 6.10 Å². The van der Waals surface area contributed by atoms with Crippen molar-refractivity contribution >= 4 is 21.6 Å². The van der Waals surface area contributed by atoms with Crippen LogP contribution in [0.4, 0.5) is 5.69 Å². The molecule has 2 rings (SSSR count). The summed E-state index contributed by atoms with van der Waals surface area (Å²) in [5, 5.41) is 9.62. The fourth-order valence-electron chi connectivity index (χ4n) is 1.92. The molecule has 2 aromatic rings. The summed E-state index contributed by atoms with van der Waals surface area (Å²) in [6, 6.07) is 11.9. The van der Waals surface area contributed by atoms with Crippen molar-refractivity contribution in [3.63, 3.8) is 0 Å². The Bertz CT molecular complexity index is 543. The average Bonchev–Trinajstić information content (AvgIpc) is 2.39. The Balaban J connectivity index is 2.16. The van der Waals surface area contributed by atoms with Crippen LogP contribution in [0.15, 0.2) is 47.1 Å². The first-order valence-electron chi connectivity index (χ1n) is 6.16. The first-order valence-corrected chi connectivity index (χ1v) is 6.96. The first kappa shape index (κ1) is 14.0. The Labute approximate surface area is 122 Å². The number of aromatic nitrogens is 1. The third-order valence-corrected chi connectivity index (χ3v) is 3.69. The number of nitrogens with zero attached hydrogens (tertiary/aromatic N) is 2. The second kappa shape index (κ2) is 6.17. The van der Waals surface area contributed by atoms with Crippen LogP contribution in [0.3, 0.4) is 0 Å². The van der Waals surface area contributed by atoms with Crippen molar-refractivity contribution in [3.05, 3.63) is 58.3 Å². The fourth-order valence-corrected chi connectivity index (χ4v) is 2.62. The fraction of sp³-hybridized carbons (Fsp3) is 0.267. The lowest BCUT2D eigenvalue weighted by Crippen LogP contribution is -2.17. The number of pyridine rings is 1. The SMILES string of the molecule is CC(O)c1ccc(N(C)Cc2ccccn2)cc1Br. The third-order valence-electron chi connectivity index (χ3n) is 3.00. The monoisotopic (exact) mass is 320 g/mol. The van der Waals surface area contributed by atoms with E-state index in [-0.39, 0.29) is 0 Å². The quantitative estimate of drug-likeness (QED) is 0.936. The van der Waals surface area contributed by atoms with Gasteiger partial charge in [0, 0.05) is 23.4 Å². The van der Waals surface area contributed by atoms with Crippen molar-refractivity contribution in [1.82, 2.24) is 4.98 Å². The lowest BCUT2D eigenvalue weighted by atomic mass is 10.1. The van der Waals surface area contributed by atoms with Gasteiger partial charge >= 0.3 is 0 Å². The van der Waals surface area contributed by atoms with Crippen LogP contribution in [0.25, 0.3) is 0 Å². The Kier molecular flexibility index (Phi) is 4.56. The first-order chi connectivity index (χ1) is 9.08. The standard InChI is InChI=1S/C15H17BrN2O/c1-11(19)14-7-6-13(9-15(14)16)18(2)10-12-5-3-4-8-17-12/h3-9,11,19H,10H2,1-2H3. The van der Waals surface area contributed by atoms with Gasteiger partial charge in [-0.2, -0.15) is 0 Å². The maximum Gasteiger partial charge on any atom is 0.0772 e. The minimum atomic E-state index is -0.468. The molecule has 1 aromatic heterocycles. The Hall–Kier alpha value is -1.39. The van der Waals surface area contributed by atoms with Gasteiger partial charge in [-0.15, -0.1) is 0 Å². The van der Waals surface area contributed by atoms with Gasteiger partial charge in [0.1, 0.15) is 0 Å². The zero-order chi connectivity index (χ0) is 13.8. The molecule has 0 saturated carbocycles. The van der Waals surface area contributed by atoms with Gasteiger partial charge in [0.15, 0.2) is 0 Å². The maximum atomic E-state index is 9.62. The zero-order valence-electron chi connectivity index (χ0n) is 11.0. The van der Waals surface area contributed by atoms with E-state index >= 15 is 0 Å². The van der Waals surface area contributed by atoms with Gasteiger partial charge in [0.2, 0.25) is 0 Å². The highest BCUT2D eigenvalue weighted by Crippen LogP contribution is 2.28. The molecule has 0 saturated heterocycles. The summed E-state index contributed by atoms with van der Waals surface area (Å²) in [5.74, 6) is 0. The minimum Gasteiger partial charge on any atom is -0.389 e. The summed E-state index contributed by atoms with van der Waals surface area (Å²) in [6.45, 7) is 2.51. The highest BCUT2D eigenvalue weighted by molar-refractivity contribution is 9.10. The van der Waals surface area contributed by atoms with Gasteiger partial charge in [0.25, 0.3) is 0 Å². The molecule has 1 unspecified atom stereocenters. The number of anilines is 1. The van der Waals surface area contributed by atoms with E-state index in [0.717, 1.165) is 28.0 Å². The highest BCUT2D eigenvalue weighted by Gasteiger charge is 2.09. The predicted octanol–water partition coefficient (Wildman–Crippen LogP) is 3.53. The summed E-state index contributed by atoms with van der Waals surface area (Å²) in [5.41, 5.74) is 3.01. The van der Waals surface area contributed by atoms with Gasteiger partial charge < -0.3 is 10.0 Å². The molecule has 0 bridgehead atoms. The van der Waals surface area contributed by atoms with E-state index in [1.54, 1.807) is 13.1 Å². The maximum absolute atomic E-state index is 9.62. The van der Waals surface area contributed by atoms with Crippen molar-refractivity contribution in [3.8, 4) is 0 Å². The van der Waals surface area contributed by atoms with Gasteiger partial charge in [-0.1, -0.05) is 28.1 Å². The van der Waals surface area contributed by atoms with Gasteiger partial charge in [-0.25, -0.2) is 0 Å². The van der Waals surface area contributed by atoms with Crippen LogP contribution in [0.5, 0.6) is 0 Å². The van der Waals surface area contributed by atoms with Crippen LogP contribution in [0.2, 0.25) is 0 Å². The molecule has 0 amide bonds. The number of halogens is 1. The lowest BCUT2D eigenvalue weighted by molar-refractivity contribution is 0.198. The van der Waals surface area contributed by atoms with Gasteiger partial charge in [-0.3, -0.25) is 4.98 Å². The molecule has 0 radical (unpaired) electrons. The Morgan fingerprint density at radius 3 is 2.68 bits per heavy atom. The smallest absolute Gasteiger partial charge is 0.0772 e. The van der Waals surface area contributed by atoms with Crippen LogP contribution in [-0.2, 0) is 6.54 Å². The normalized spacial score (nSPS) is 12.2. The molecule has 1 heterocycles. The summed E-state index contributed by atoms with van der Waals surface area (Å²) in [4.78, 5) is 6.44. The van der Waals surface area contributed by atoms with Crippen LogP contribution < -0.4 is 4.90 Å². The molecule has 1 aromatic carbocycles. The second-order valence-electron chi connectivity index (χ2n) is 4.56. The van der Waals surface area contributed by atoms with E-state index in [4.69, 9.17) is 0 Å². The molecule has 0 aliphatic heterocycles. The third kappa shape index (κ3) is 3.55. The van der Waals surface area contributed by atoms with E-state index in [2.05, 4.69) is 25.8 Å². The molecular weight excluding hydrogens is 304 g/mol. The van der Waals surface area contributed by atoms with Crippen molar-refractivity contribution < 1.29 is 5.11 Å². The van der Waals surface area contributed by atoms with Crippen molar-refractivity contribution in [2.24, 2.45) is 0 Å². The van der Waals surface area contributed by atoms with Crippen molar-refractivity contribution in [2.75, 3.05) is 11.9 Å². The Morgan fingerprint density at radius 1 is 1.32 bits per heavy atom. The summed E-state index contributed by atoms with van der Waals surface area (Å²) in [7, 11) is 2.03. The van der Waals surface area contributed by atoms with Crippen LogP contribution >= 0.6 is 15.9 Å². The number of benzene rings is 1. The molecule has 0 aliphatic rings. The largest absolute Gasteiger partial charge is 0.389 e. The number of aliphatic hydroxyl groups excluding tert-OH is 1. The summed E-state index contributed by atoms with van der Waals surface area (Å²) >= 11 is 3.50. The lowest BCUT2D eigenvalue weighted by Gasteiger charge is -2.20. The van der Waals surface area contributed by atoms with E-state index in [1.807, 2.05) is 43.4 Å². The minimum absolute atomic E-state index is 0.468. The zero-order valence-corrected chi connectivity index (χ0v) is 12.6. The Morgan fingerprint density at radius 2 is 2.11 bits per heavy atom. The topological polar surface area (TPSA) is 36.4 Å². The number of aliphatic hydroxyl groups is 1. The number of rotatable bonds is 4. The molecule has 0 fully saturated rings. The molecule has 19 heavy (non-hydrogen) atoms. The summed E-state index contributed by atoms with van der Waals surface area (Å²) < 4.78 is 0.924. The molecule has 4 heteroatoms. The predicted molar refractivity (Wildman–Crippen MR) is 81.1 cm³/mol.